The van der Waals surface area contributed by atoms with E-state index in [0.717, 1.165) is 18.7 Å². The molecular formula is C15H25N3O2. The van der Waals surface area contributed by atoms with Crippen molar-refractivity contribution in [1.82, 2.24) is 4.90 Å². The monoisotopic (exact) mass is 279 g/mol. The fourth-order valence-corrected chi connectivity index (χ4v) is 1.88. The lowest BCUT2D eigenvalue weighted by atomic mass is 10.1. The van der Waals surface area contributed by atoms with Crippen LogP contribution >= 0.6 is 0 Å². The van der Waals surface area contributed by atoms with Crippen LogP contribution in [-0.4, -0.2) is 48.2 Å². The highest BCUT2D eigenvalue weighted by atomic mass is 16.6. The van der Waals surface area contributed by atoms with Crippen molar-refractivity contribution in [3.63, 3.8) is 0 Å². The van der Waals surface area contributed by atoms with Crippen LogP contribution in [0.1, 0.15) is 19.4 Å². The maximum absolute atomic E-state index is 9.81. The number of aliphatic hydroxyl groups is 1. The van der Waals surface area contributed by atoms with E-state index in [2.05, 4.69) is 23.9 Å². The zero-order valence-corrected chi connectivity index (χ0v) is 12.3. The average molecular weight is 279 g/mol. The fraction of sp³-hybridized carbons (Fsp3) is 0.533. The molecule has 1 unspecified atom stereocenters. The van der Waals surface area contributed by atoms with Crippen LogP contribution in [0.5, 0.6) is 0 Å². The number of nitrogens with two attached hydrogens (primary N) is 1. The van der Waals surface area contributed by atoms with E-state index in [1.165, 1.54) is 0 Å². The molecule has 1 aromatic carbocycles. The molecule has 0 saturated heterocycles. The van der Waals surface area contributed by atoms with E-state index in [9.17, 15) is 5.11 Å². The van der Waals surface area contributed by atoms with Gasteiger partial charge in [0, 0.05) is 13.0 Å². The summed E-state index contributed by atoms with van der Waals surface area (Å²) in [5.41, 5.74) is 6.86. The van der Waals surface area contributed by atoms with Gasteiger partial charge in [0.25, 0.3) is 0 Å². The molecule has 0 aromatic heterocycles. The van der Waals surface area contributed by atoms with Crippen molar-refractivity contribution in [3.8, 4) is 0 Å². The first-order valence-electron chi connectivity index (χ1n) is 7.04. The van der Waals surface area contributed by atoms with Gasteiger partial charge in [-0.2, -0.15) is 0 Å². The molecule has 20 heavy (non-hydrogen) atoms. The van der Waals surface area contributed by atoms with Gasteiger partial charge in [0.15, 0.2) is 0 Å². The van der Waals surface area contributed by atoms with E-state index < -0.39 is 6.10 Å². The number of oxime groups is 1. The number of rotatable bonds is 9. The highest BCUT2D eigenvalue weighted by Gasteiger charge is 2.09. The highest BCUT2D eigenvalue weighted by molar-refractivity contribution is 5.82. The summed E-state index contributed by atoms with van der Waals surface area (Å²) in [7, 11) is 0. The van der Waals surface area contributed by atoms with Crippen LogP contribution in [0.15, 0.2) is 35.5 Å². The van der Waals surface area contributed by atoms with E-state index in [1.807, 2.05) is 30.3 Å². The molecule has 1 rings (SSSR count). The summed E-state index contributed by atoms with van der Waals surface area (Å²) in [5.74, 6) is 0.409. The van der Waals surface area contributed by atoms with Gasteiger partial charge in [-0.15, -0.1) is 0 Å². The van der Waals surface area contributed by atoms with Gasteiger partial charge in [0.2, 0.25) is 0 Å². The van der Waals surface area contributed by atoms with Crippen molar-refractivity contribution in [2.24, 2.45) is 10.9 Å². The number of hydrogen-bond donors (Lipinski definition) is 2. The third-order valence-corrected chi connectivity index (χ3v) is 3.04. The Morgan fingerprint density at radius 1 is 1.30 bits per heavy atom. The molecule has 1 aromatic rings. The number of hydrogen-bond acceptors (Lipinski definition) is 4. The predicted octanol–water partition coefficient (Wildman–Crippen LogP) is 1.22. The summed E-state index contributed by atoms with van der Waals surface area (Å²) < 4.78 is 0. The molecule has 0 fully saturated rings. The number of benzene rings is 1. The second-order valence-corrected chi connectivity index (χ2v) is 4.68. The van der Waals surface area contributed by atoms with E-state index in [1.54, 1.807) is 0 Å². The second-order valence-electron chi connectivity index (χ2n) is 4.68. The summed E-state index contributed by atoms with van der Waals surface area (Å²) in [5, 5.41) is 13.6. The minimum absolute atomic E-state index is 0.159. The third kappa shape index (κ3) is 6.54. The van der Waals surface area contributed by atoms with E-state index in [0.29, 0.717) is 18.8 Å². The van der Waals surface area contributed by atoms with Crippen LogP contribution in [0.4, 0.5) is 0 Å². The summed E-state index contributed by atoms with van der Waals surface area (Å²) in [4.78, 5) is 7.24. The first-order chi connectivity index (χ1) is 9.65. The van der Waals surface area contributed by atoms with E-state index >= 15 is 0 Å². The predicted molar refractivity (Wildman–Crippen MR) is 81.5 cm³/mol. The molecule has 3 N–H and O–H groups in total. The molecule has 0 spiro atoms. The summed E-state index contributed by atoms with van der Waals surface area (Å²) >= 11 is 0. The van der Waals surface area contributed by atoms with Crippen molar-refractivity contribution < 1.29 is 9.94 Å². The molecule has 0 saturated carbocycles. The maximum Gasteiger partial charge on any atom is 0.144 e. The van der Waals surface area contributed by atoms with Crippen molar-refractivity contribution in [1.29, 1.82) is 0 Å². The normalized spacial score (nSPS) is 13.5. The largest absolute Gasteiger partial charge is 0.392 e. The summed E-state index contributed by atoms with van der Waals surface area (Å²) in [6.45, 7) is 6.69. The lowest BCUT2D eigenvalue weighted by Crippen LogP contribution is -2.34. The van der Waals surface area contributed by atoms with Gasteiger partial charge in [0.05, 0.1) is 0 Å². The van der Waals surface area contributed by atoms with Crippen LogP contribution in [0.25, 0.3) is 0 Å². The standard InChI is InChI=1S/C15H25N3O2/c1-3-18(4-2)11-14(19)12-20-17-15(16)10-13-8-6-5-7-9-13/h5-9,14,19H,3-4,10-12H2,1-2H3,(H2,16,17). The van der Waals surface area contributed by atoms with Crippen LogP contribution < -0.4 is 5.73 Å². The Morgan fingerprint density at radius 3 is 2.55 bits per heavy atom. The van der Waals surface area contributed by atoms with Gasteiger partial charge in [-0.05, 0) is 18.7 Å². The second kappa shape index (κ2) is 9.34. The molecule has 0 aliphatic rings. The van der Waals surface area contributed by atoms with E-state index in [4.69, 9.17) is 10.6 Å². The zero-order chi connectivity index (χ0) is 14.8. The summed E-state index contributed by atoms with van der Waals surface area (Å²) in [6.07, 6.45) is -0.00402. The first-order valence-corrected chi connectivity index (χ1v) is 7.04. The van der Waals surface area contributed by atoms with Gasteiger partial charge in [-0.25, -0.2) is 0 Å². The molecule has 5 nitrogen and oxygen atoms in total. The average Bonchev–Trinajstić information content (AvgIpc) is 2.45. The van der Waals surface area contributed by atoms with E-state index in [-0.39, 0.29) is 6.61 Å². The SMILES string of the molecule is CCN(CC)CC(O)CO/N=C(\N)Cc1ccccc1. The van der Waals surface area contributed by atoms with Crippen molar-refractivity contribution in [2.45, 2.75) is 26.4 Å². The maximum atomic E-state index is 9.81. The number of likely N-dealkylation sites (N-methyl/N-ethyl adjacent to an activating group) is 1. The van der Waals surface area contributed by atoms with Crippen molar-refractivity contribution >= 4 is 5.84 Å². The molecule has 0 bridgehead atoms. The van der Waals surface area contributed by atoms with Gasteiger partial charge < -0.3 is 20.6 Å². The fourth-order valence-electron chi connectivity index (χ4n) is 1.88. The Kier molecular flexibility index (Phi) is 7.69. The molecule has 0 aliphatic heterocycles. The molecule has 0 radical (unpaired) electrons. The Labute approximate surface area is 121 Å². The van der Waals surface area contributed by atoms with Crippen LogP contribution in [0, 0.1) is 0 Å². The minimum Gasteiger partial charge on any atom is -0.392 e. The summed E-state index contributed by atoms with van der Waals surface area (Å²) in [6, 6.07) is 9.83. The number of amidine groups is 1. The van der Waals surface area contributed by atoms with Gasteiger partial charge in [-0.3, -0.25) is 0 Å². The lowest BCUT2D eigenvalue weighted by molar-refractivity contribution is 0.0205. The van der Waals surface area contributed by atoms with Gasteiger partial charge in [-0.1, -0.05) is 49.3 Å². The Bertz CT molecular complexity index is 391. The molecule has 112 valence electrons. The Morgan fingerprint density at radius 2 is 1.95 bits per heavy atom. The highest BCUT2D eigenvalue weighted by Crippen LogP contribution is 2.00. The van der Waals surface area contributed by atoms with Crippen molar-refractivity contribution in [2.75, 3.05) is 26.2 Å². The Hall–Kier alpha value is -1.59. The molecule has 1 atom stereocenters. The lowest BCUT2D eigenvalue weighted by Gasteiger charge is -2.20. The molecule has 0 aliphatic carbocycles. The molecular weight excluding hydrogens is 254 g/mol. The third-order valence-electron chi connectivity index (χ3n) is 3.04. The number of nitrogens with zero attached hydrogens (tertiary/aromatic N) is 2. The quantitative estimate of drug-likeness (QED) is 0.405. The topological polar surface area (TPSA) is 71.1 Å². The number of aliphatic hydroxyl groups excluding tert-OH is 1. The molecule has 5 heteroatoms. The van der Waals surface area contributed by atoms with Crippen LogP contribution in [0.3, 0.4) is 0 Å². The Balaban J connectivity index is 2.29. The first kappa shape index (κ1) is 16.5. The van der Waals surface area contributed by atoms with Crippen molar-refractivity contribution in [3.05, 3.63) is 35.9 Å². The molecule has 0 heterocycles. The zero-order valence-electron chi connectivity index (χ0n) is 12.3. The van der Waals surface area contributed by atoms with Crippen LogP contribution in [0.2, 0.25) is 0 Å². The van der Waals surface area contributed by atoms with Crippen LogP contribution in [-0.2, 0) is 11.3 Å². The van der Waals surface area contributed by atoms with Gasteiger partial charge in [0.1, 0.15) is 18.5 Å². The minimum atomic E-state index is -0.553. The van der Waals surface area contributed by atoms with Gasteiger partial charge >= 0.3 is 0 Å². The smallest absolute Gasteiger partial charge is 0.144 e. The molecule has 0 amide bonds.